The number of amides is 2. The molecular weight excluding hydrogens is 98.1 g/mol. The Morgan fingerprint density at radius 2 is 2.33 bits per heavy atom. The molecule has 6 heavy (non-hydrogen) atoms. The molecular formula is CH7N3OSi. The molecule has 0 aromatic carbocycles. The number of carbonyl (C=O) groups is 1. The topological polar surface area (TPSA) is 67.2 Å². The maximum Gasteiger partial charge on any atom is 0.325 e. The van der Waals surface area contributed by atoms with Crippen LogP contribution in [0.4, 0.5) is 4.79 Å². The van der Waals surface area contributed by atoms with Crippen molar-refractivity contribution in [1.82, 2.24) is 10.5 Å². The molecule has 0 saturated carbocycles. The van der Waals surface area contributed by atoms with Crippen LogP contribution in [0, 0.1) is 0 Å². The van der Waals surface area contributed by atoms with Gasteiger partial charge in [-0.1, -0.05) is 0 Å². The van der Waals surface area contributed by atoms with Crippen LogP contribution in [0.3, 0.4) is 0 Å². The SMILES string of the molecule is NC(=O)NN[SiH3]. The quantitative estimate of drug-likeness (QED) is 0.254. The summed E-state index contributed by atoms with van der Waals surface area (Å²) in [5, 5.41) is 2.48. The van der Waals surface area contributed by atoms with E-state index in [0.29, 0.717) is 0 Å². The zero-order valence-corrected chi connectivity index (χ0v) is 5.49. The zero-order chi connectivity index (χ0) is 4.99. The summed E-state index contributed by atoms with van der Waals surface area (Å²) < 4.78 is 0. The molecule has 4 nitrogen and oxygen atoms in total. The number of nitrogens with one attached hydrogen (secondary N) is 2. The van der Waals surface area contributed by atoms with E-state index in [1.807, 2.05) is 0 Å². The van der Waals surface area contributed by atoms with E-state index in [0.717, 1.165) is 10.4 Å². The minimum Gasteiger partial charge on any atom is -0.351 e. The summed E-state index contributed by atoms with van der Waals surface area (Å²) in [7, 11) is 0.725. The van der Waals surface area contributed by atoms with Crippen LogP contribution in [-0.4, -0.2) is 16.4 Å². The van der Waals surface area contributed by atoms with Gasteiger partial charge in [-0.2, -0.15) is 0 Å². The second kappa shape index (κ2) is 2.67. The van der Waals surface area contributed by atoms with Gasteiger partial charge in [0.1, 0.15) is 10.4 Å². The standard InChI is InChI=1S/CH7N3OSi/c2-1(5)3-4-6/h4H,6H3,(H3,2,3,5). The van der Waals surface area contributed by atoms with Crippen molar-refractivity contribution in [3.63, 3.8) is 0 Å². The Bertz CT molecular complexity index is 54.8. The molecule has 0 aromatic heterocycles. The number of primary amides is 1. The summed E-state index contributed by atoms with van der Waals surface area (Å²) in [6.45, 7) is 0. The third-order valence-corrected chi connectivity index (χ3v) is 0.498. The lowest BCUT2D eigenvalue weighted by Gasteiger charge is -1.91. The fraction of sp³-hybridized carbons (Fsp3) is 0. The molecule has 2 amide bonds. The van der Waals surface area contributed by atoms with E-state index in [1.165, 1.54) is 0 Å². The second-order valence-corrected chi connectivity index (χ2v) is 1.24. The fourth-order valence-electron chi connectivity index (χ4n) is 0.123. The maximum atomic E-state index is 9.67. The number of rotatable bonds is 1. The largest absolute Gasteiger partial charge is 0.351 e. The van der Waals surface area contributed by atoms with E-state index in [4.69, 9.17) is 0 Å². The fourth-order valence-corrected chi connectivity index (χ4v) is 0.370. The summed E-state index contributed by atoms with van der Waals surface area (Å²) in [6.07, 6.45) is 0. The number of hydrogen-bond donors (Lipinski definition) is 3. The number of nitrogens with two attached hydrogens (primary N) is 1. The highest BCUT2D eigenvalue weighted by Gasteiger charge is 1.78. The van der Waals surface area contributed by atoms with Crippen LogP contribution in [0.5, 0.6) is 0 Å². The molecule has 0 aliphatic rings. The highest BCUT2D eigenvalue weighted by molar-refractivity contribution is 6.04. The van der Waals surface area contributed by atoms with Crippen LogP contribution < -0.4 is 16.3 Å². The second-order valence-electron chi connectivity index (χ2n) is 0.739. The van der Waals surface area contributed by atoms with Gasteiger partial charge < -0.3 is 5.73 Å². The summed E-state index contributed by atoms with van der Waals surface area (Å²) in [6, 6.07) is -0.537. The van der Waals surface area contributed by atoms with E-state index in [1.54, 1.807) is 0 Å². The van der Waals surface area contributed by atoms with Gasteiger partial charge in [-0.15, -0.1) is 0 Å². The average molecular weight is 105 g/mol. The van der Waals surface area contributed by atoms with Crippen molar-refractivity contribution in [2.75, 3.05) is 0 Å². The Morgan fingerprint density at radius 1 is 1.83 bits per heavy atom. The first-order chi connectivity index (χ1) is 2.77. The van der Waals surface area contributed by atoms with Crippen molar-refractivity contribution in [3.8, 4) is 0 Å². The summed E-state index contributed by atoms with van der Waals surface area (Å²) in [5.41, 5.74) is 6.77. The van der Waals surface area contributed by atoms with Crippen molar-refractivity contribution in [2.45, 2.75) is 0 Å². The van der Waals surface area contributed by atoms with E-state index in [-0.39, 0.29) is 0 Å². The monoisotopic (exact) mass is 105 g/mol. The Hall–Kier alpha value is -0.553. The number of carbonyl (C=O) groups excluding carboxylic acids is 1. The lowest BCUT2D eigenvalue weighted by molar-refractivity contribution is 0.247. The molecule has 0 atom stereocenters. The van der Waals surface area contributed by atoms with Gasteiger partial charge in [-0.25, -0.2) is 4.79 Å². The molecule has 0 aromatic rings. The summed E-state index contributed by atoms with van der Waals surface area (Å²) >= 11 is 0. The molecule has 0 aliphatic carbocycles. The Kier molecular flexibility index (Phi) is 2.43. The average Bonchev–Trinajstić information content (AvgIpc) is 1.35. The predicted octanol–water partition coefficient (Wildman–Crippen LogP) is -2.56. The van der Waals surface area contributed by atoms with Gasteiger partial charge in [-0.3, -0.25) is 10.5 Å². The smallest absolute Gasteiger partial charge is 0.325 e. The first-order valence-corrected chi connectivity index (χ1v) is 2.49. The highest BCUT2D eigenvalue weighted by atomic mass is 28.2. The number of hydrazine groups is 1. The first-order valence-electron chi connectivity index (χ1n) is 1.49. The first kappa shape index (κ1) is 5.45. The number of urea groups is 1. The number of hydrogen-bond acceptors (Lipinski definition) is 2. The molecule has 0 rings (SSSR count). The Morgan fingerprint density at radius 3 is 2.33 bits per heavy atom. The van der Waals surface area contributed by atoms with Gasteiger partial charge in [0, 0.05) is 0 Å². The van der Waals surface area contributed by atoms with E-state index in [9.17, 15) is 4.79 Å². The minimum atomic E-state index is -0.537. The van der Waals surface area contributed by atoms with Gasteiger partial charge in [0.2, 0.25) is 0 Å². The summed E-state index contributed by atoms with van der Waals surface area (Å²) in [4.78, 5) is 9.67. The van der Waals surface area contributed by atoms with Crippen LogP contribution >= 0.6 is 0 Å². The van der Waals surface area contributed by atoms with Crippen molar-refractivity contribution in [3.05, 3.63) is 0 Å². The van der Waals surface area contributed by atoms with Crippen LogP contribution in [0.2, 0.25) is 0 Å². The molecule has 36 valence electrons. The molecule has 0 bridgehead atoms. The Balaban J connectivity index is 2.83. The third-order valence-electron chi connectivity index (χ3n) is 0.248. The molecule has 5 heteroatoms. The summed E-state index contributed by atoms with van der Waals surface area (Å²) in [5.74, 6) is 0. The van der Waals surface area contributed by atoms with E-state index < -0.39 is 6.03 Å². The molecule has 0 radical (unpaired) electrons. The zero-order valence-electron chi connectivity index (χ0n) is 3.49. The van der Waals surface area contributed by atoms with Gasteiger partial charge in [-0.05, 0) is 0 Å². The molecule has 0 spiro atoms. The highest BCUT2D eigenvalue weighted by Crippen LogP contribution is 1.39. The van der Waals surface area contributed by atoms with Gasteiger partial charge in [0.15, 0.2) is 0 Å². The van der Waals surface area contributed by atoms with Crippen molar-refractivity contribution < 1.29 is 4.79 Å². The van der Waals surface area contributed by atoms with E-state index >= 15 is 0 Å². The molecule has 4 N–H and O–H groups in total. The van der Waals surface area contributed by atoms with Crippen molar-refractivity contribution in [1.29, 1.82) is 0 Å². The van der Waals surface area contributed by atoms with E-state index in [2.05, 4.69) is 16.3 Å². The third kappa shape index (κ3) is 3.45. The maximum absolute atomic E-state index is 9.67. The normalized spacial score (nSPS) is 8.00. The molecule has 0 unspecified atom stereocenters. The Labute approximate surface area is 38.6 Å². The predicted molar refractivity (Wildman–Crippen MR) is 25.8 cm³/mol. The lowest BCUT2D eigenvalue weighted by atomic mass is 11.2. The van der Waals surface area contributed by atoms with Crippen molar-refractivity contribution in [2.24, 2.45) is 5.73 Å². The molecule has 0 aliphatic heterocycles. The van der Waals surface area contributed by atoms with Gasteiger partial charge in [0.25, 0.3) is 0 Å². The molecule has 0 saturated heterocycles. The van der Waals surface area contributed by atoms with Crippen LogP contribution in [0.15, 0.2) is 0 Å². The van der Waals surface area contributed by atoms with Crippen LogP contribution in [-0.2, 0) is 0 Å². The molecule has 0 heterocycles. The van der Waals surface area contributed by atoms with Gasteiger partial charge >= 0.3 is 6.03 Å². The van der Waals surface area contributed by atoms with Gasteiger partial charge in [0.05, 0.1) is 0 Å². The van der Waals surface area contributed by atoms with Crippen LogP contribution in [0.1, 0.15) is 0 Å². The van der Waals surface area contributed by atoms with Crippen molar-refractivity contribution >= 4 is 16.4 Å². The molecule has 0 fully saturated rings. The van der Waals surface area contributed by atoms with Crippen LogP contribution in [0.25, 0.3) is 0 Å². The minimum absolute atomic E-state index is 0.537. The lowest BCUT2D eigenvalue weighted by Crippen LogP contribution is -2.39.